The van der Waals surface area contributed by atoms with E-state index in [-0.39, 0.29) is 37.1 Å². The number of amides is 3. The fourth-order valence-electron chi connectivity index (χ4n) is 3.52. The van der Waals surface area contributed by atoms with Crippen LogP contribution in [0.4, 0.5) is 5.69 Å². The summed E-state index contributed by atoms with van der Waals surface area (Å²) >= 11 is 1.73. The summed E-state index contributed by atoms with van der Waals surface area (Å²) in [5.74, 6) is -0.461. The molecule has 0 atom stereocenters. The van der Waals surface area contributed by atoms with Gasteiger partial charge in [0, 0.05) is 43.5 Å². The van der Waals surface area contributed by atoms with Crippen LogP contribution in [0.25, 0.3) is 0 Å². The van der Waals surface area contributed by atoms with E-state index in [1.807, 2.05) is 36.9 Å². The molecule has 2 heterocycles. The lowest BCUT2D eigenvalue weighted by Crippen LogP contribution is -2.38. The maximum Gasteiger partial charge on any atom is 0.243 e. The molecule has 1 aliphatic rings. The monoisotopic (exact) mass is 413 g/mol. The Morgan fingerprint density at radius 2 is 1.86 bits per heavy atom. The lowest BCUT2D eigenvalue weighted by atomic mass is 10.1. The SMILES string of the molecule is Cc1cccc(C)c1NC(=O)CN(C)C(=O)CCC(=O)N1CCc2sccc2C1. The van der Waals surface area contributed by atoms with Crippen LogP contribution in [-0.2, 0) is 27.3 Å². The van der Waals surface area contributed by atoms with Gasteiger partial charge in [0.15, 0.2) is 0 Å². The van der Waals surface area contributed by atoms with Gasteiger partial charge in [-0.15, -0.1) is 11.3 Å². The van der Waals surface area contributed by atoms with E-state index in [0.29, 0.717) is 13.1 Å². The fraction of sp³-hybridized carbons (Fsp3) is 0.409. The first-order valence-corrected chi connectivity index (χ1v) is 10.7. The number of nitrogens with zero attached hydrogens (tertiary/aromatic N) is 2. The van der Waals surface area contributed by atoms with Crippen LogP contribution in [0.1, 0.15) is 34.4 Å². The number of carbonyl (C=O) groups is 3. The summed E-state index contributed by atoms with van der Waals surface area (Å²) in [7, 11) is 1.59. The number of thiophene rings is 1. The molecule has 29 heavy (non-hydrogen) atoms. The van der Waals surface area contributed by atoms with Crippen LogP contribution in [0.5, 0.6) is 0 Å². The van der Waals surface area contributed by atoms with Crippen LogP contribution in [0.2, 0.25) is 0 Å². The van der Waals surface area contributed by atoms with Crippen molar-refractivity contribution in [2.75, 3.05) is 25.5 Å². The van der Waals surface area contributed by atoms with Crippen molar-refractivity contribution in [1.82, 2.24) is 9.80 Å². The van der Waals surface area contributed by atoms with Gasteiger partial charge in [0.05, 0.1) is 6.54 Å². The molecule has 7 heteroatoms. The van der Waals surface area contributed by atoms with Crippen LogP contribution < -0.4 is 5.32 Å². The molecule has 0 radical (unpaired) electrons. The summed E-state index contributed by atoms with van der Waals surface area (Å²) < 4.78 is 0. The standard InChI is InChI=1S/C22H27N3O3S/c1-15-5-4-6-16(2)22(15)23-19(26)14-24(3)20(27)7-8-21(28)25-11-9-18-17(13-25)10-12-29-18/h4-6,10,12H,7-9,11,13-14H2,1-3H3,(H,23,26). The number of hydrogen-bond donors (Lipinski definition) is 1. The van der Waals surface area contributed by atoms with Gasteiger partial charge in [-0.05, 0) is 48.4 Å². The Labute approximate surface area is 175 Å². The molecule has 0 fully saturated rings. The van der Waals surface area contributed by atoms with Gasteiger partial charge in [-0.3, -0.25) is 14.4 Å². The lowest BCUT2D eigenvalue weighted by Gasteiger charge is -2.27. The van der Waals surface area contributed by atoms with Crippen molar-refractivity contribution >= 4 is 34.7 Å². The molecule has 2 aromatic rings. The van der Waals surface area contributed by atoms with E-state index in [4.69, 9.17) is 0 Å². The van der Waals surface area contributed by atoms with E-state index in [1.54, 1.807) is 18.4 Å². The van der Waals surface area contributed by atoms with E-state index in [1.165, 1.54) is 15.3 Å². The third-order valence-electron chi connectivity index (χ3n) is 5.27. The zero-order valence-corrected chi connectivity index (χ0v) is 18.0. The molecule has 0 bridgehead atoms. The topological polar surface area (TPSA) is 69.7 Å². The predicted octanol–water partition coefficient (Wildman–Crippen LogP) is 3.13. The molecule has 0 spiro atoms. The van der Waals surface area contributed by atoms with Crippen molar-refractivity contribution in [1.29, 1.82) is 0 Å². The molecule has 1 N–H and O–H groups in total. The number of nitrogens with one attached hydrogen (secondary N) is 1. The van der Waals surface area contributed by atoms with E-state index >= 15 is 0 Å². The average molecular weight is 414 g/mol. The van der Waals surface area contributed by atoms with Gasteiger partial charge in [-0.2, -0.15) is 0 Å². The maximum atomic E-state index is 12.5. The number of likely N-dealkylation sites (N-methyl/N-ethyl adjacent to an activating group) is 1. The second kappa shape index (κ2) is 9.22. The van der Waals surface area contributed by atoms with Gasteiger partial charge >= 0.3 is 0 Å². The van der Waals surface area contributed by atoms with Gasteiger partial charge < -0.3 is 15.1 Å². The Balaban J connectivity index is 1.45. The quantitative estimate of drug-likeness (QED) is 0.791. The molecule has 0 saturated carbocycles. The Kier molecular flexibility index (Phi) is 6.69. The minimum atomic E-state index is -0.245. The highest BCUT2D eigenvalue weighted by atomic mass is 32.1. The molecule has 3 rings (SSSR count). The van der Waals surface area contributed by atoms with Crippen molar-refractivity contribution < 1.29 is 14.4 Å². The Hall–Kier alpha value is -2.67. The number of fused-ring (bicyclic) bond motifs is 1. The maximum absolute atomic E-state index is 12.5. The van der Waals surface area contributed by atoms with Crippen LogP contribution in [0.3, 0.4) is 0 Å². The first kappa shape index (κ1) is 21.0. The number of carbonyl (C=O) groups excluding carboxylic acids is 3. The molecule has 0 saturated heterocycles. The Morgan fingerprint density at radius 3 is 2.59 bits per heavy atom. The van der Waals surface area contributed by atoms with E-state index in [2.05, 4.69) is 16.8 Å². The van der Waals surface area contributed by atoms with Crippen LogP contribution in [-0.4, -0.2) is 47.7 Å². The van der Waals surface area contributed by atoms with Crippen LogP contribution >= 0.6 is 11.3 Å². The van der Waals surface area contributed by atoms with Gasteiger partial charge in [0.25, 0.3) is 0 Å². The molecule has 1 aromatic heterocycles. The molecule has 1 aromatic carbocycles. The van der Waals surface area contributed by atoms with Gasteiger partial charge in [0.1, 0.15) is 0 Å². The highest BCUT2D eigenvalue weighted by Crippen LogP contribution is 2.24. The number of aryl methyl sites for hydroxylation is 2. The highest BCUT2D eigenvalue weighted by Gasteiger charge is 2.22. The number of rotatable bonds is 6. The summed E-state index contributed by atoms with van der Waals surface area (Å²) in [6.07, 6.45) is 1.16. The molecule has 1 aliphatic heterocycles. The molecule has 0 unspecified atom stereocenters. The average Bonchev–Trinajstić information content (AvgIpc) is 3.16. The largest absolute Gasteiger partial charge is 0.338 e. The molecule has 154 valence electrons. The zero-order chi connectivity index (χ0) is 21.0. The summed E-state index contributed by atoms with van der Waals surface area (Å²) in [6.45, 7) is 5.16. The number of benzene rings is 1. The highest BCUT2D eigenvalue weighted by molar-refractivity contribution is 7.10. The summed E-state index contributed by atoms with van der Waals surface area (Å²) in [5, 5.41) is 4.94. The summed E-state index contributed by atoms with van der Waals surface area (Å²) in [5.41, 5.74) is 3.95. The third-order valence-corrected chi connectivity index (χ3v) is 6.29. The minimum absolute atomic E-state index is 0.0106. The van der Waals surface area contributed by atoms with Gasteiger partial charge in [0.2, 0.25) is 17.7 Å². The van der Waals surface area contributed by atoms with Crippen molar-refractivity contribution in [3.63, 3.8) is 0 Å². The molecular formula is C22H27N3O3S. The van der Waals surface area contributed by atoms with Crippen molar-refractivity contribution in [2.45, 2.75) is 39.7 Å². The molecule has 3 amide bonds. The van der Waals surface area contributed by atoms with Crippen LogP contribution in [0, 0.1) is 13.8 Å². The van der Waals surface area contributed by atoms with Crippen LogP contribution in [0.15, 0.2) is 29.6 Å². The zero-order valence-electron chi connectivity index (χ0n) is 17.2. The van der Waals surface area contributed by atoms with Crippen molar-refractivity contribution in [2.24, 2.45) is 0 Å². The van der Waals surface area contributed by atoms with E-state index in [9.17, 15) is 14.4 Å². The third kappa shape index (κ3) is 5.23. The Morgan fingerprint density at radius 1 is 1.14 bits per heavy atom. The number of hydrogen-bond acceptors (Lipinski definition) is 4. The van der Waals surface area contributed by atoms with Crippen molar-refractivity contribution in [3.05, 3.63) is 51.2 Å². The molecular weight excluding hydrogens is 386 g/mol. The second-order valence-corrected chi connectivity index (χ2v) is 8.50. The molecule has 0 aliphatic carbocycles. The molecule has 6 nitrogen and oxygen atoms in total. The summed E-state index contributed by atoms with van der Waals surface area (Å²) in [6, 6.07) is 7.87. The van der Waals surface area contributed by atoms with Crippen molar-refractivity contribution in [3.8, 4) is 0 Å². The Bertz CT molecular complexity index is 902. The second-order valence-electron chi connectivity index (χ2n) is 7.50. The van der Waals surface area contributed by atoms with Gasteiger partial charge in [-0.25, -0.2) is 0 Å². The van der Waals surface area contributed by atoms with E-state index in [0.717, 1.165) is 23.2 Å². The fourth-order valence-corrected chi connectivity index (χ4v) is 4.41. The smallest absolute Gasteiger partial charge is 0.243 e. The van der Waals surface area contributed by atoms with Gasteiger partial charge in [-0.1, -0.05) is 18.2 Å². The lowest BCUT2D eigenvalue weighted by molar-refractivity contribution is -0.137. The predicted molar refractivity (Wildman–Crippen MR) is 115 cm³/mol. The number of para-hydroxylation sites is 1. The first-order chi connectivity index (χ1) is 13.8. The van der Waals surface area contributed by atoms with E-state index < -0.39 is 0 Å². The minimum Gasteiger partial charge on any atom is -0.338 e. The number of anilines is 1. The first-order valence-electron chi connectivity index (χ1n) is 9.78. The summed E-state index contributed by atoms with van der Waals surface area (Å²) in [4.78, 5) is 41.7. The normalized spacial score (nSPS) is 13.0.